The fourth-order valence-electron chi connectivity index (χ4n) is 1.52. The molecule has 0 aliphatic carbocycles. The van der Waals surface area contributed by atoms with Crippen molar-refractivity contribution in [3.05, 3.63) is 52.3 Å². The predicted octanol–water partition coefficient (Wildman–Crippen LogP) is 1.93. The second-order valence-corrected chi connectivity index (χ2v) is 3.47. The molecular formula is C12H12N2O. The lowest BCUT2D eigenvalue weighted by Crippen LogP contribution is -2.11. The van der Waals surface area contributed by atoms with E-state index in [-0.39, 0.29) is 11.2 Å². The Morgan fingerprint density at radius 2 is 1.87 bits per heavy atom. The summed E-state index contributed by atoms with van der Waals surface area (Å²) in [5.74, 6) is 0. The van der Waals surface area contributed by atoms with Crippen LogP contribution in [0.3, 0.4) is 0 Å². The highest BCUT2D eigenvalue weighted by molar-refractivity contribution is 5.64. The lowest BCUT2D eigenvalue weighted by Gasteiger charge is -2.05. The van der Waals surface area contributed by atoms with Gasteiger partial charge in [0.25, 0.3) is 5.56 Å². The Kier molecular flexibility index (Phi) is 2.29. The number of aromatic amines is 1. The molecular weight excluding hydrogens is 188 g/mol. The maximum Gasteiger partial charge on any atom is 0.271 e. The van der Waals surface area contributed by atoms with Gasteiger partial charge < -0.3 is 10.7 Å². The molecule has 15 heavy (non-hydrogen) atoms. The molecule has 0 bridgehead atoms. The summed E-state index contributed by atoms with van der Waals surface area (Å²) in [6.45, 7) is 2.00. The molecule has 3 N–H and O–H groups in total. The summed E-state index contributed by atoms with van der Waals surface area (Å²) in [6.07, 6.45) is 0. The van der Waals surface area contributed by atoms with E-state index in [0.29, 0.717) is 0 Å². The van der Waals surface area contributed by atoms with Crippen molar-refractivity contribution in [3.8, 4) is 11.3 Å². The summed E-state index contributed by atoms with van der Waals surface area (Å²) >= 11 is 0. The van der Waals surface area contributed by atoms with E-state index >= 15 is 0 Å². The van der Waals surface area contributed by atoms with Crippen LogP contribution in [-0.2, 0) is 0 Å². The lowest BCUT2D eigenvalue weighted by atomic mass is 10.1. The Bertz CT molecular complexity index is 543. The number of aromatic nitrogens is 1. The topological polar surface area (TPSA) is 58.9 Å². The largest absolute Gasteiger partial charge is 0.394 e. The van der Waals surface area contributed by atoms with Crippen LogP contribution in [0.15, 0.2) is 41.2 Å². The molecule has 1 aromatic carbocycles. The number of pyridine rings is 1. The van der Waals surface area contributed by atoms with Crippen molar-refractivity contribution in [1.29, 1.82) is 0 Å². The summed E-state index contributed by atoms with van der Waals surface area (Å²) in [5.41, 5.74) is 8.41. The van der Waals surface area contributed by atoms with E-state index in [9.17, 15) is 4.79 Å². The van der Waals surface area contributed by atoms with Gasteiger partial charge in [0.15, 0.2) is 0 Å². The maximum absolute atomic E-state index is 11.3. The number of rotatable bonds is 1. The van der Waals surface area contributed by atoms with Crippen LogP contribution in [0.5, 0.6) is 0 Å². The molecule has 0 amide bonds. The fourth-order valence-corrected chi connectivity index (χ4v) is 1.52. The standard InChI is InChI=1S/C12H12N2O/c1-8-4-2-3-5-9(8)11-7-6-10(13)12(15)14-11/h2-7H,13H2,1H3,(H,14,15). The van der Waals surface area contributed by atoms with Gasteiger partial charge in [0, 0.05) is 11.3 Å². The van der Waals surface area contributed by atoms with Crippen LogP contribution in [0.1, 0.15) is 5.56 Å². The van der Waals surface area contributed by atoms with Crippen molar-refractivity contribution >= 4 is 5.69 Å². The van der Waals surface area contributed by atoms with Gasteiger partial charge in [-0.15, -0.1) is 0 Å². The highest BCUT2D eigenvalue weighted by atomic mass is 16.1. The third-order valence-corrected chi connectivity index (χ3v) is 2.38. The van der Waals surface area contributed by atoms with Gasteiger partial charge in [0.05, 0.1) is 5.69 Å². The Morgan fingerprint density at radius 1 is 1.13 bits per heavy atom. The Labute approximate surface area is 87.6 Å². The first-order valence-corrected chi connectivity index (χ1v) is 4.73. The number of H-pyrrole nitrogens is 1. The van der Waals surface area contributed by atoms with E-state index in [1.54, 1.807) is 6.07 Å². The van der Waals surface area contributed by atoms with Crippen molar-refractivity contribution in [2.45, 2.75) is 6.92 Å². The normalized spacial score (nSPS) is 10.2. The zero-order chi connectivity index (χ0) is 10.8. The van der Waals surface area contributed by atoms with Gasteiger partial charge in [-0.05, 0) is 24.6 Å². The summed E-state index contributed by atoms with van der Waals surface area (Å²) in [7, 11) is 0. The maximum atomic E-state index is 11.3. The minimum absolute atomic E-state index is 0.240. The number of aryl methyl sites for hydroxylation is 1. The zero-order valence-corrected chi connectivity index (χ0v) is 8.45. The second kappa shape index (κ2) is 3.61. The fraction of sp³-hybridized carbons (Fsp3) is 0.0833. The van der Waals surface area contributed by atoms with Crippen LogP contribution in [0.25, 0.3) is 11.3 Å². The molecule has 3 heteroatoms. The lowest BCUT2D eigenvalue weighted by molar-refractivity contribution is 1.24. The minimum atomic E-state index is -0.240. The monoisotopic (exact) mass is 200 g/mol. The first-order valence-electron chi connectivity index (χ1n) is 4.73. The summed E-state index contributed by atoms with van der Waals surface area (Å²) in [4.78, 5) is 14.1. The van der Waals surface area contributed by atoms with Crippen molar-refractivity contribution in [3.63, 3.8) is 0 Å². The average molecular weight is 200 g/mol. The molecule has 0 radical (unpaired) electrons. The quantitative estimate of drug-likeness (QED) is 0.739. The number of hydrogen-bond donors (Lipinski definition) is 2. The molecule has 0 aliphatic heterocycles. The van der Waals surface area contributed by atoms with Crippen molar-refractivity contribution in [2.24, 2.45) is 0 Å². The Hall–Kier alpha value is -2.03. The molecule has 0 saturated heterocycles. The van der Waals surface area contributed by atoms with Gasteiger partial charge in [-0.2, -0.15) is 0 Å². The number of nitrogens with two attached hydrogens (primary N) is 1. The van der Waals surface area contributed by atoms with Gasteiger partial charge in [-0.1, -0.05) is 24.3 Å². The Balaban J connectivity index is 2.60. The molecule has 1 aromatic heterocycles. The average Bonchev–Trinajstić information content (AvgIpc) is 2.23. The van der Waals surface area contributed by atoms with Gasteiger partial charge in [0.2, 0.25) is 0 Å². The van der Waals surface area contributed by atoms with E-state index in [1.165, 1.54) is 0 Å². The van der Waals surface area contributed by atoms with E-state index in [1.807, 2.05) is 37.3 Å². The highest BCUT2D eigenvalue weighted by Gasteiger charge is 2.02. The molecule has 0 unspecified atom stereocenters. The summed E-state index contributed by atoms with van der Waals surface area (Å²) in [6, 6.07) is 11.3. The molecule has 3 nitrogen and oxygen atoms in total. The van der Waals surface area contributed by atoms with Gasteiger partial charge in [0.1, 0.15) is 0 Å². The van der Waals surface area contributed by atoms with Gasteiger partial charge >= 0.3 is 0 Å². The van der Waals surface area contributed by atoms with Gasteiger partial charge in [-0.25, -0.2) is 0 Å². The molecule has 0 atom stereocenters. The minimum Gasteiger partial charge on any atom is -0.394 e. The molecule has 0 aliphatic rings. The van der Waals surface area contributed by atoms with Crippen molar-refractivity contribution in [2.75, 3.05) is 5.73 Å². The molecule has 1 heterocycles. The van der Waals surface area contributed by atoms with E-state index in [0.717, 1.165) is 16.8 Å². The third kappa shape index (κ3) is 1.76. The van der Waals surface area contributed by atoms with Crippen LogP contribution in [-0.4, -0.2) is 4.98 Å². The number of benzene rings is 1. The van der Waals surface area contributed by atoms with Crippen LogP contribution < -0.4 is 11.3 Å². The highest BCUT2D eigenvalue weighted by Crippen LogP contribution is 2.19. The van der Waals surface area contributed by atoms with Gasteiger partial charge in [-0.3, -0.25) is 4.79 Å². The summed E-state index contributed by atoms with van der Waals surface area (Å²) in [5, 5.41) is 0. The SMILES string of the molecule is Cc1ccccc1-c1ccc(N)c(=O)[nH]1. The van der Waals surface area contributed by atoms with Crippen molar-refractivity contribution < 1.29 is 0 Å². The molecule has 0 saturated carbocycles. The smallest absolute Gasteiger partial charge is 0.271 e. The molecule has 0 spiro atoms. The number of hydrogen-bond acceptors (Lipinski definition) is 2. The van der Waals surface area contributed by atoms with Crippen LogP contribution >= 0.6 is 0 Å². The van der Waals surface area contributed by atoms with Crippen molar-refractivity contribution in [1.82, 2.24) is 4.98 Å². The van der Waals surface area contributed by atoms with Crippen LogP contribution in [0.2, 0.25) is 0 Å². The number of anilines is 1. The molecule has 2 aromatic rings. The van der Waals surface area contributed by atoms with E-state index in [4.69, 9.17) is 5.73 Å². The second-order valence-electron chi connectivity index (χ2n) is 3.47. The van der Waals surface area contributed by atoms with Crippen LogP contribution in [0, 0.1) is 6.92 Å². The molecule has 2 rings (SSSR count). The predicted molar refractivity (Wildman–Crippen MR) is 61.6 cm³/mol. The summed E-state index contributed by atoms with van der Waals surface area (Å²) < 4.78 is 0. The Morgan fingerprint density at radius 3 is 2.53 bits per heavy atom. The van der Waals surface area contributed by atoms with E-state index < -0.39 is 0 Å². The molecule has 76 valence electrons. The first kappa shape index (κ1) is 9.52. The molecule has 0 fully saturated rings. The first-order chi connectivity index (χ1) is 7.18. The number of nitrogen functional groups attached to an aromatic ring is 1. The zero-order valence-electron chi connectivity index (χ0n) is 8.45. The van der Waals surface area contributed by atoms with Crippen LogP contribution in [0.4, 0.5) is 5.69 Å². The third-order valence-electron chi connectivity index (χ3n) is 2.38. The number of nitrogens with one attached hydrogen (secondary N) is 1. The van der Waals surface area contributed by atoms with E-state index in [2.05, 4.69) is 4.98 Å².